The summed E-state index contributed by atoms with van der Waals surface area (Å²) in [4.78, 5) is 0. The maximum absolute atomic E-state index is 5.08. The molecule has 0 aromatic heterocycles. The second-order valence-corrected chi connectivity index (χ2v) is 5.08. The van der Waals surface area contributed by atoms with Gasteiger partial charge in [0.1, 0.15) is 0 Å². The fourth-order valence-corrected chi connectivity index (χ4v) is 1.78. The Morgan fingerprint density at radius 1 is 1.50 bits per heavy atom. The quantitative estimate of drug-likeness (QED) is 0.494. The number of hydrazone groups is 1. The summed E-state index contributed by atoms with van der Waals surface area (Å²) in [6.45, 7) is 2.58. The number of nitrogens with one attached hydrogen (secondary N) is 2. The predicted molar refractivity (Wildman–Crippen MR) is 81.9 cm³/mol. The largest absolute Gasteiger partial charge is 0.383 e. The summed E-state index contributed by atoms with van der Waals surface area (Å²) in [5.74, 6) is 0. The highest BCUT2D eigenvalue weighted by Gasteiger charge is 2.01. The van der Waals surface area contributed by atoms with E-state index in [-0.39, 0.29) is 6.04 Å². The first-order valence-electron chi connectivity index (χ1n) is 5.46. The Kier molecular flexibility index (Phi) is 6.85. The van der Waals surface area contributed by atoms with Crippen molar-refractivity contribution in [1.29, 1.82) is 0 Å². The molecule has 0 spiro atoms. The van der Waals surface area contributed by atoms with Crippen LogP contribution in [0.25, 0.3) is 0 Å². The van der Waals surface area contributed by atoms with Crippen LogP contribution in [-0.2, 0) is 4.74 Å². The molecule has 98 valence electrons. The van der Waals surface area contributed by atoms with Crippen molar-refractivity contribution in [2.75, 3.05) is 13.7 Å². The highest BCUT2D eigenvalue weighted by atomic mass is 79.9. The molecular formula is C12H16BrN3OS. The summed E-state index contributed by atoms with van der Waals surface area (Å²) in [5.41, 5.74) is 3.76. The van der Waals surface area contributed by atoms with Crippen LogP contribution < -0.4 is 10.7 Å². The third kappa shape index (κ3) is 6.09. The Labute approximate surface area is 121 Å². The molecule has 0 aliphatic rings. The van der Waals surface area contributed by atoms with Crippen molar-refractivity contribution >= 4 is 39.5 Å². The van der Waals surface area contributed by atoms with Gasteiger partial charge >= 0.3 is 0 Å². The van der Waals surface area contributed by atoms with E-state index in [2.05, 4.69) is 31.8 Å². The van der Waals surface area contributed by atoms with Crippen molar-refractivity contribution in [3.05, 3.63) is 34.3 Å². The third-order valence-corrected chi connectivity index (χ3v) is 2.78. The van der Waals surface area contributed by atoms with Crippen LogP contribution >= 0.6 is 28.1 Å². The van der Waals surface area contributed by atoms with Gasteiger partial charge in [-0.25, -0.2) is 0 Å². The lowest BCUT2D eigenvalue weighted by Crippen LogP contribution is -2.40. The number of halogens is 1. The molecule has 1 atom stereocenters. The number of hydrogen-bond donors (Lipinski definition) is 2. The van der Waals surface area contributed by atoms with Gasteiger partial charge in [0.05, 0.1) is 12.8 Å². The fraction of sp³-hybridized carbons (Fsp3) is 0.333. The summed E-state index contributed by atoms with van der Waals surface area (Å²) in [6.07, 6.45) is 1.71. The second-order valence-electron chi connectivity index (χ2n) is 3.75. The minimum atomic E-state index is 0.151. The van der Waals surface area contributed by atoms with Gasteiger partial charge in [-0.3, -0.25) is 5.43 Å². The van der Waals surface area contributed by atoms with Crippen molar-refractivity contribution in [3.8, 4) is 0 Å². The van der Waals surface area contributed by atoms with Crippen molar-refractivity contribution in [2.24, 2.45) is 5.10 Å². The zero-order valence-electron chi connectivity index (χ0n) is 10.3. The molecule has 0 saturated carbocycles. The molecule has 0 unspecified atom stereocenters. The van der Waals surface area contributed by atoms with E-state index in [0.717, 1.165) is 10.0 Å². The Morgan fingerprint density at radius 3 is 2.78 bits per heavy atom. The fourth-order valence-electron chi connectivity index (χ4n) is 1.26. The van der Waals surface area contributed by atoms with Crippen molar-refractivity contribution in [2.45, 2.75) is 13.0 Å². The molecule has 1 rings (SSSR count). The summed E-state index contributed by atoms with van der Waals surface area (Å²) in [6, 6.07) is 7.98. The van der Waals surface area contributed by atoms with Crippen LogP contribution in [0.2, 0.25) is 0 Å². The van der Waals surface area contributed by atoms with Crippen LogP contribution in [-0.4, -0.2) is 31.1 Å². The van der Waals surface area contributed by atoms with Gasteiger partial charge in [0.25, 0.3) is 0 Å². The number of nitrogens with zero attached hydrogens (tertiary/aromatic N) is 1. The minimum Gasteiger partial charge on any atom is -0.383 e. The van der Waals surface area contributed by atoms with Gasteiger partial charge in [0.2, 0.25) is 0 Å². The first-order valence-corrected chi connectivity index (χ1v) is 6.66. The van der Waals surface area contributed by atoms with Gasteiger partial charge in [-0.05, 0) is 36.8 Å². The van der Waals surface area contributed by atoms with Gasteiger partial charge in [-0.2, -0.15) is 5.10 Å². The molecule has 0 radical (unpaired) electrons. The molecule has 1 aromatic rings. The van der Waals surface area contributed by atoms with Crippen molar-refractivity contribution < 1.29 is 4.74 Å². The zero-order chi connectivity index (χ0) is 13.4. The number of rotatable bonds is 5. The van der Waals surface area contributed by atoms with Gasteiger partial charge in [-0.15, -0.1) is 0 Å². The molecule has 0 bridgehead atoms. The number of hydrogen-bond acceptors (Lipinski definition) is 3. The standard InChI is InChI=1S/C12H16BrN3OS/c1-9(8-17-2)15-12(18)16-14-7-10-3-5-11(13)6-4-10/h3-7,9H,8H2,1-2H3,(H2,15,16,18)/b14-7-/t9-/m0/s1. The number of benzene rings is 1. The molecule has 0 saturated heterocycles. The van der Waals surface area contributed by atoms with Gasteiger partial charge in [0, 0.05) is 17.6 Å². The van der Waals surface area contributed by atoms with E-state index in [1.807, 2.05) is 31.2 Å². The second kappa shape index (κ2) is 8.18. The first kappa shape index (κ1) is 15.1. The van der Waals surface area contributed by atoms with E-state index in [9.17, 15) is 0 Å². The molecule has 0 heterocycles. The Balaban J connectivity index is 2.35. The molecular weight excluding hydrogens is 314 g/mol. The van der Waals surface area contributed by atoms with Crippen molar-refractivity contribution in [3.63, 3.8) is 0 Å². The molecule has 0 amide bonds. The van der Waals surface area contributed by atoms with Crippen LogP contribution in [0.15, 0.2) is 33.8 Å². The van der Waals surface area contributed by atoms with Crippen LogP contribution in [0, 0.1) is 0 Å². The number of methoxy groups -OCH3 is 1. The van der Waals surface area contributed by atoms with Crippen LogP contribution in [0.1, 0.15) is 12.5 Å². The highest BCUT2D eigenvalue weighted by molar-refractivity contribution is 9.10. The SMILES string of the molecule is COC[C@H](C)NC(=S)N/N=C\c1ccc(Br)cc1. The van der Waals surface area contributed by atoms with Gasteiger partial charge in [-0.1, -0.05) is 28.1 Å². The maximum atomic E-state index is 5.08. The average Bonchev–Trinajstić information content (AvgIpc) is 2.32. The van der Waals surface area contributed by atoms with E-state index >= 15 is 0 Å². The summed E-state index contributed by atoms with van der Waals surface area (Å²) in [5, 5.41) is 7.58. The van der Waals surface area contributed by atoms with Crippen molar-refractivity contribution in [1.82, 2.24) is 10.7 Å². The van der Waals surface area contributed by atoms with Crippen LogP contribution in [0.4, 0.5) is 0 Å². The number of ether oxygens (including phenoxy) is 1. The molecule has 0 aliphatic carbocycles. The Morgan fingerprint density at radius 2 is 2.17 bits per heavy atom. The third-order valence-electron chi connectivity index (χ3n) is 2.04. The summed E-state index contributed by atoms with van der Waals surface area (Å²) in [7, 11) is 1.65. The van der Waals surface area contributed by atoms with Crippen LogP contribution in [0.5, 0.6) is 0 Å². The topological polar surface area (TPSA) is 45.6 Å². The number of thiocarbonyl (C=S) groups is 1. The van der Waals surface area contributed by atoms with Crippen LogP contribution in [0.3, 0.4) is 0 Å². The Bertz CT molecular complexity index is 408. The molecule has 18 heavy (non-hydrogen) atoms. The van der Waals surface area contributed by atoms with E-state index in [1.54, 1.807) is 13.3 Å². The zero-order valence-corrected chi connectivity index (χ0v) is 12.7. The average molecular weight is 330 g/mol. The van der Waals surface area contributed by atoms with Gasteiger partial charge in [0.15, 0.2) is 5.11 Å². The molecule has 4 nitrogen and oxygen atoms in total. The summed E-state index contributed by atoms with van der Waals surface area (Å²) >= 11 is 8.46. The molecule has 1 aromatic carbocycles. The van der Waals surface area contributed by atoms with E-state index in [4.69, 9.17) is 17.0 Å². The first-order chi connectivity index (χ1) is 8.61. The normalized spacial score (nSPS) is 12.4. The monoisotopic (exact) mass is 329 g/mol. The van der Waals surface area contributed by atoms with Gasteiger partial charge < -0.3 is 10.1 Å². The highest BCUT2D eigenvalue weighted by Crippen LogP contribution is 2.08. The molecule has 6 heteroatoms. The smallest absolute Gasteiger partial charge is 0.187 e. The van der Waals surface area contributed by atoms with E-state index in [1.165, 1.54) is 0 Å². The Hall–Kier alpha value is -0.980. The molecule has 0 fully saturated rings. The lowest BCUT2D eigenvalue weighted by molar-refractivity contribution is 0.179. The maximum Gasteiger partial charge on any atom is 0.187 e. The molecule has 0 aliphatic heterocycles. The lowest BCUT2D eigenvalue weighted by Gasteiger charge is -2.13. The molecule has 2 N–H and O–H groups in total. The summed E-state index contributed by atoms with van der Waals surface area (Å²) < 4.78 is 6.04. The minimum absolute atomic E-state index is 0.151. The lowest BCUT2D eigenvalue weighted by atomic mass is 10.2. The predicted octanol–water partition coefficient (Wildman–Crippen LogP) is 2.28. The van der Waals surface area contributed by atoms with E-state index < -0.39 is 0 Å². The van der Waals surface area contributed by atoms with E-state index in [0.29, 0.717) is 11.7 Å².